The fourth-order valence-electron chi connectivity index (χ4n) is 2.85. The van der Waals surface area contributed by atoms with E-state index in [9.17, 15) is 0 Å². The molecule has 0 heterocycles. The van der Waals surface area contributed by atoms with E-state index < -0.39 is 0 Å². The minimum Gasteiger partial charge on any atom is -0.307 e. The predicted molar refractivity (Wildman–Crippen MR) is 74.3 cm³/mol. The number of hydrogen-bond acceptors (Lipinski definition) is 1. The van der Waals surface area contributed by atoms with E-state index in [-0.39, 0.29) is 0 Å². The molecule has 1 N–H and O–H groups in total. The Morgan fingerprint density at radius 2 is 2.06 bits per heavy atom. The Kier molecular flexibility index (Phi) is 3.58. The van der Waals surface area contributed by atoms with E-state index in [4.69, 9.17) is 0 Å². The van der Waals surface area contributed by atoms with Crippen LogP contribution in [0, 0.1) is 0 Å². The maximum absolute atomic E-state index is 3.76. The molecule has 17 heavy (non-hydrogen) atoms. The fourth-order valence-corrected chi connectivity index (χ4v) is 2.85. The Hall–Kier alpha value is -0.820. The number of fused-ring (bicyclic) bond motifs is 1. The minimum absolute atomic E-state index is 0.338. The highest BCUT2D eigenvalue weighted by Crippen LogP contribution is 2.41. The molecule has 0 saturated carbocycles. The molecule has 0 spiro atoms. The molecule has 1 aromatic carbocycles. The second-order valence-electron chi connectivity index (χ2n) is 6.04. The smallest absolute Gasteiger partial charge is 0.0325 e. The van der Waals surface area contributed by atoms with Crippen molar-refractivity contribution in [3.8, 4) is 0 Å². The van der Waals surface area contributed by atoms with Gasteiger partial charge in [-0.1, -0.05) is 45.0 Å². The first-order chi connectivity index (χ1) is 8.04. The highest BCUT2D eigenvalue weighted by Gasteiger charge is 2.32. The molecule has 1 aromatic rings. The first-order valence-electron chi connectivity index (χ1n) is 6.90. The Morgan fingerprint density at radius 1 is 1.35 bits per heavy atom. The van der Waals surface area contributed by atoms with Crippen LogP contribution in [0.5, 0.6) is 0 Å². The zero-order chi connectivity index (χ0) is 12.5. The molecule has 0 amide bonds. The van der Waals surface area contributed by atoms with Crippen molar-refractivity contribution in [1.29, 1.82) is 0 Å². The third kappa shape index (κ3) is 2.55. The van der Waals surface area contributed by atoms with Crippen LogP contribution in [0.2, 0.25) is 0 Å². The topological polar surface area (TPSA) is 12.0 Å². The third-order valence-electron chi connectivity index (χ3n) is 4.22. The van der Waals surface area contributed by atoms with Crippen LogP contribution in [0.4, 0.5) is 0 Å². The summed E-state index contributed by atoms with van der Waals surface area (Å²) in [4.78, 5) is 0. The molecule has 0 radical (unpaired) electrons. The molecule has 94 valence electrons. The predicted octanol–water partition coefficient (Wildman–Crippen LogP) is 4.19. The molecule has 2 atom stereocenters. The number of benzene rings is 1. The van der Waals surface area contributed by atoms with Gasteiger partial charge in [-0.15, -0.1) is 0 Å². The Balaban J connectivity index is 2.28. The molecule has 0 fully saturated rings. The third-order valence-corrected chi connectivity index (χ3v) is 4.22. The maximum Gasteiger partial charge on any atom is 0.0325 e. The zero-order valence-electron chi connectivity index (χ0n) is 11.6. The van der Waals surface area contributed by atoms with Gasteiger partial charge < -0.3 is 5.32 Å². The van der Waals surface area contributed by atoms with Crippen molar-refractivity contribution in [3.63, 3.8) is 0 Å². The van der Waals surface area contributed by atoms with E-state index in [1.165, 1.54) is 30.4 Å². The van der Waals surface area contributed by atoms with Gasteiger partial charge >= 0.3 is 0 Å². The van der Waals surface area contributed by atoms with Crippen LogP contribution in [0.3, 0.4) is 0 Å². The lowest BCUT2D eigenvalue weighted by molar-refractivity contribution is 0.335. The van der Waals surface area contributed by atoms with E-state index in [0.29, 0.717) is 17.5 Å². The number of hydrogen-bond donors (Lipinski definition) is 1. The average Bonchev–Trinajstić information content (AvgIpc) is 2.33. The van der Waals surface area contributed by atoms with Crippen LogP contribution >= 0.6 is 0 Å². The van der Waals surface area contributed by atoms with Crippen molar-refractivity contribution in [3.05, 3.63) is 35.4 Å². The van der Waals surface area contributed by atoms with Gasteiger partial charge in [0.05, 0.1) is 0 Å². The summed E-state index contributed by atoms with van der Waals surface area (Å²) >= 11 is 0. The molecule has 0 aromatic heterocycles. The highest BCUT2D eigenvalue weighted by atomic mass is 14.9. The molecule has 1 aliphatic carbocycles. The maximum atomic E-state index is 3.76. The van der Waals surface area contributed by atoms with Gasteiger partial charge in [0.1, 0.15) is 0 Å². The van der Waals surface area contributed by atoms with Crippen molar-refractivity contribution in [2.75, 3.05) is 0 Å². The lowest BCUT2D eigenvalue weighted by atomic mass is 9.71. The van der Waals surface area contributed by atoms with Gasteiger partial charge in [0.25, 0.3) is 0 Å². The van der Waals surface area contributed by atoms with Crippen molar-refractivity contribution >= 4 is 0 Å². The SMILES string of the molecule is CCC(C)NC1CCC(C)(C)c2ccccc21. The summed E-state index contributed by atoms with van der Waals surface area (Å²) in [5.74, 6) is 0. The van der Waals surface area contributed by atoms with Crippen molar-refractivity contribution in [2.45, 2.75) is 64.5 Å². The summed E-state index contributed by atoms with van der Waals surface area (Å²) < 4.78 is 0. The van der Waals surface area contributed by atoms with E-state index >= 15 is 0 Å². The van der Waals surface area contributed by atoms with Gasteiger partial charge in [-0.05, 0) is 42.7 Å². The molecule has 1 nitrogen and oxygen atoms in total. The summed E-state index contributed by atoms with van der Waals surface area (Å²) in [6, 6.07) is 10.1. The van der Waals surface area contributed by atoms with Crippen LogP contribution in [0.1, 0.15) is 64.1 Å². The summed E-state index contributed by atoms with van der Waals surface area (Å²) in [5.41, 5.74) is 3.39. The summed E-state index contributed by atoms with van der Waals surface area (Å²) in [7, 11) is 0. The van der Waals surface area contributed by atoms with Crippen LogP contribution in [0.25, 0.3) is 0 Å². The average molecular weight is 231 g/mol. The summed E-state index contributed by atoms with van der Waals surface area (Å²) in [6.45, 7) is 9.26. The summed E-state index contributed by atoms with van der Waals surface area (Å²) in [5, 5.41) is 3.76. The van der Waals surface area contributed by atoms with Gasteiger partial charge in [0.15, 0.2) is 0 Å². The van der Waals surface area contributed by atoms with Gasteiger partial charge in [0.2, 0.25) is 0 Å². The Bertz CT molecular complexity index is 381. The van der Waals surface area contributed by atoms with Gasteiger partial charge in [-0.2, -0.15) is 0 Å². The van der Waals surface area contributed by atoms with Crippen LogP contribution in [0.15, 0.2) is 24.3 Å². The second kappa shape index (κ2) is 4.81. The summed E-state index contributed by atoms with van der Waals surface area (Å²) in [6.07, 6.45) is 3.73. The molecule has 0 aliphatic heterocycles. The van der Waals surface area contributed by atoms with Crippen LogP contribution in [-0.4, -0.2) is 6.04 Å². The monoisotopic (exact) mass is 231 g/mol. The molecule has 1 heteroatoms. The van der Waals surface area contributed by atoms with E-state index in [1.807, 2.05) is 0 Å². The first-order valence-corrected chi connectivity index (χ1v) is 6.90. The molecule has 2 unspecified atom stereocenters. The molecular formula is C16H25N. The van der Waals surface area contributed by atoms with Crippen molar-refractivity contribution in [2.24, 2.45) is 0 Å². The Morgan fingerprint density at radius 3 is 2.76 bits per heavy atom. The van der Waals surface area contributed by atoms with Crippen molar-refractivity contribution < 1.29 is 0 Å². The lowest BCUT2D eigenvalue weighted by Gasteiger charge is -2.38. The molecule has 2 rings (SSSR count). The molecule has 1 aliphatic rings. The van der Waals surface area contributed by atoms with Gasteiger partial charge in [-0.25, -0.2) is 0 Å². The lowest BCUT2D eigenvalue weighted by Crippen LogP contribution is -2.36. The van der Waals surface area contributed by atoms with Gasteiger partial charge in [0, 0.05) is 12.1 Å². The van der Waals surface area contributed by atoms with E-state index in [2.05, 4.69) is 57.3 Å². The molecule has 0 bridgehead atoms. The standard InChI is InChI=1S/C16H25N/c1-5-12(2)17-15-10-11-16(3,4)14-9-7-6-8-13(14)15/h6-9,12,15,17H,5,10-11H2,1-4H3. The van der Waals surface area contributed by atoms with Crippen LogP contribution < -0.4 is 5.32 Å². The fraction of sp³-hybridized carbons (Fsp3) is 0.625. The molecule has 0 saturated heterocycles. The van der Waals surface area contributed by atoms with E-state index in [0.717, 1.165) is 0 Å². The normalized spacial score (nSPS) is 24.1. The Labute approximate surface area is 106 Å². The minimum atomic E-state index is 0.338. The first kappa shape index (κ1) is 12.6. The zero-order valence-corrected chi connectivity index (χ0v) is 11.6. The molecular weight excluding hydrogens is 206 g/mol. The van der Waals surface area contributed by atoms with Crippen LogP contribution in [-0.2, 0) is 5.41 Å². The van der Waals surface area contributed by atoms with E-state index in [1.54, 1.807) is 0 Å². The second-order valence-corrected chi connectivity index (χ2v) is 6.04. The van der Waals surface area contributed by atoms with Crippen molar-refractivity contribution in [1.82, 2.24) is 5.32 Å². The quantitative estimate of drug-likeness (QED) is 0.822. The van der Waals surface area contributed by atoms with Gasteiger partial charge in [-0.3, -0.25) is 0 Å². The number of nitrogens with one attached hydrogen (secondary N) is 1. The number of rotatable bonds is 3. The largest absolute Gasteiger partial charge is 0.307 e. The highest BCUT2D eigenvalue weighted by molar-refractivity contribution is 5.38.